The average molecular weight is 771 g/mol. The fraction of sp³-hybridized carbons (Fsp3) is 0. The van der Waals surface area contributed by atoms with Crippen LogP contribution in [0.4, 0.5) is 11.4 Å². The van der Waals surface area contributed by atoms with Crippen molar-refractivity contribution in [1.82, 2.24) is 5.43 Å². The number of anilines is 1. The van der Waals surface area contributed by atoms with Gasteiger partial charge in [0.05, 0.1) is 15.6 Å². The number of hydrogen-bond donors (Lipinski definition) is 2. The second-order valence-corrected chi connectivity index (χ2v) is 11.3. The van der Waals surface area contributed by atoms with Gasteiger partial charge in [-0.3, -0.25) is 19.7 Å². The number of benzene rings is 4. The molecule has 216 valence electrons. The van der Waals surface area contributed by atoms with Gasteiger partial charge in [0.25, 0.3) is 17.5 Å². The lowest BCUT2D eigenvalue weighted by molar-refractivity contribution is -0.384. The third-order valence-electron chi connectivity index (χ3n) is 5.59. The molecular formula is C30H19Br3N4O6. The van der Waals surface area contributed by atoms with Crippen LogP contribution in [0.3, 0.4) is 0 Å². The number of amides is 2. The number of nitrogens with one attached hydrogen (secondary N) is 2. The minimum absolute atomic E-state index is 0.107. The van der Waals surface area contributed by atoms with Crippen molar-refractivity contribution in [1.29, 1.82) is 0 Å². The number of carbonyl (C=O) groups excluding carboxylic acids is 3. The van der Waals surface area contributed by atoms with Crippen LogP contribution in [0.25, 0.3) is 6.08 Å². The lowest BCUT2D eigenvalue weighted by atomic mass is 10.1. The van der Waals surface area contributed by atoms with Gasteiger partial charge in [0.1, 0.15) is 0 Å². The molecule has 2 N–H and O–H groups in total. The summed E-state index contributed by atoms with van der Waals surface area (Å²) in [5, 5.41) is 17.7. The van der Waals surface area contributed by atoms with E-state index in [-0.39, 0.29) is 22.9 Å². The Morgan fingerprint density at radius 3 is 2.33 bits per heavy atom. The van der Waals surface area contributed by atoms with Gasteiger partial charge in [-0.15, -0.1) is 0 Å². The molecule has 0 heterocycles. The third-order valence-corrected chi connectivity index (χ3v) is 7.17. The van der Waals surface area contributed by atoms with Crippen LogP contribution in [-0.2, 0) is 4.79 Å². The maximum atomic E-state index is 12.8. The van der Waals surface area contributed by atoms with Gasteiger partial charge in [0, 0.05) is 49.5 Å². The minimum atomic E-state index is -0.741. The molecule has 4 aromatic carbocycles. The molecule has 0 aromatic heterocycles. The topological polar surface area (TPSA) is 140 Å². The highest BCUT2D eigenvalue weighted by molar-refractivity contribution is 9.11. The van der Waals surface area contributed by atoms with Crippen molar-refractivity contribution in [3.05, 3.63) is 137 Å². The number of carbonyl (C=O) groups is 3. The molecule has 4 rings (SSSR count). The van der Waals surface area contributed by atoms with Gasteiger partial charge in [-0.2, -0.15) is 5.10 Å². The molecule has 4 aromatic rings. The Bertz CT molecular complexity index is 1770. The number of hydrazone groups is 1. The second-order valence-electron chi connectivity index (χ2n) is 8.65. The van der Waals surface area contributed by atoms with E-state index < -0.39 is 16.8 Å². The van der Waals surface area contributed by atoms with E-state index in [9.17, 15) is 24.5 Å². The van der Waals surface area contributed by atoms with Crippen LogP contribution in [0.15, 0.2) is 110 Å². The van der Waals surface area contributed by atoms with Crippen LogP contribution in [0, 0.1) is 10.1 Å². The Labute approximate surface area is 270 Å². The number of halogens is 3. The van der Waals surface area contributed by atoms with Gasteiger partial charge in [0.2, 0.25) is 0 Å². The SMILES string of the molecule is O=C(/C=C/c1cccc([N+](=O)[O-])c1)Oc1c(Br)cc(Br)cc1C=NNC(=O)c1cccc(NC(=O)c2ccc(Br)cc2)c1. The molecule has 0 saturated heterocycles. The Morgan fingerprint density at radius 2 is 1.58 bits per heavy atom. The van der Waals surface area contributed by atoms with Crippen molar-refractivity contribution >= 4 is 89.2 Å². The summed E-state index contributed by atoms with van der Waals surface area (Å²) in [6.45, 7) is 0. The molecule has 10 nitrogen and oxygen atoms in total. The van der Waals surface area contributed by atoms with E-state index in [4.69, 9.17) is 4.74 Å². The molecule has 0 radical (unpaired) electrons. The first-order chi connectivity index (χ1) is 20.6. The molecule has 0 aliphatic heterocycles. The highest BCUT2D eigenvalue weighted by Crippen LogP contribution is 2.32. The van der Waals surface area contributed by atoms with Gasteiger partial charge in [-0.1, -0.05) is 50.1 Å². The number of rotatable bonds is 9. The van der Waals surface area contributed by atoms with E-state index in [1.54, 1.807) is 60.7 Å². The summed E-state index contributed by atoms with van der Waals surface area (Å²) in [4.78, 5) is 48.3. The van der Waals surface area contributed by atoms with Crippen LogP contribution < -0.4 is 15.5 Å². The zero-order valence-corrected chi connectivity index (χ0v) is 26.6. The van der Waals surface area contributed by atoms with E-state index in [0.29, 0.717) is 31.3 Å². The standard InChI is InChI=1S/C30H19Br3N4O6/c31-22-10-8-19(9-11-22)29(39)35-24-5-2-4-20(15-24)30(40)36-34-17-21-14-23(32)16-26(33)28(21)43-27(38)12-7-18-3-1-6-25(13-18)37(41)42/h1-17H,(H,35,39)(H,36,40)/b12-7+,34-17?. The maximum absolute atomic E-state index is 12.8. The summed E-state index contributed by atoms with van der Waals surface area (Å²) in [6.07, 6.45) is 3.84. The fourth-order valence-corrected chi connectivity index (χ4v) is 5.20. The molecule has 0 unspecified atom stereocenters. The van der Waals surface area contributed by atoms with Crippen molar-refractivity contribution in [2.75, 3.05) is 5.32 Å². The van der Waals surface area contributed by atoms with E-state index in [0.717, 1.165) is 10.5 Å². The summed E-state index contributed by atoms with van der Waals surface area (Å²) in [6, 6.07) is 22.3. The normalized spacial score (nSPS) is 11.0. The van der Waals surface area contributed by atoms with Gasteiger partial charge < -0.3 is 10.1 Å². The summed E-state index contributed by atoms with van der Waals surface area (Å²) in [5.41, 5.74) is 4.24. The number of nitro benzene ring substituents is 1. The molecule has 43 heavy (non-hydrogen) atoms. The van der Waals surface area contributed by atoms with Gasteiger partial charge in [-0.25, -0.2) is 10.2 Å². The highest BCUT2D eigenvalue weighted by Gasteiger charge is 2.14. The van der Waals surface area contributed by atoms with Gasteiger partial charge in [0.15, 0.2) is 5.75 Å². The monoisotopic (exact) mass is 768 g/mol. The largest absolute Gasteiger partial charge is 0.421 e. The zero-order valence-electron chi connectivity index (χ0n) is 21.8. The maximum Gasteiger partial charge on any atom is 0.336 e. The van der Waals surface area contributed by atoms with Crippen molar-refractivity contribution in [2.45, 2.75) is 0 Å². The van der Waals surface area contributed by atoms with E-state index in [1.807, 2.05) is 0 Å². The first-order valence-corrected chi connectivity index (χ1v) is 14.6. The van der Waals surface area contributed by atoms with Crippen LogP contribution in [0.5, 0.6) is 5.75 Å². The lowest BCUT2D eigenvalue weighted by Gasteiger charge is -2.09. The number of esters is 1. The van der Waals surface area contributed by atoms with Crippen molar-refractivity contribution in [3.8, 4) is 5.75 Å². The van der Waals surface area contributed by atoms with E-state index in [2.05, 4.69) is 63.6 Å². The first-order valence-electron chi connectivity index (χ1n) is 12.2. The molecule has 0 fully saturated rings. The Balaban J connectivity index is 1.43. The fourth-order valence-electron chi connectivity index (χ4n) is 3.59. The summed E-state index contributed by atoms with van der Waals surface area (Å²) in [7, 11) is 0. The molecular weight excluding hydrogens is 752 g/mol. The van der Waals surface area contributed by atoms with Gasteiger partial charge >= 0.3 is 5.97 Å². The summed E-state index contributed by atoms with van der Waals surface area (Å²) < 4.78 is 7.42. The van der Waals surface area contributed by atoms with Crippen LogP contribution in [-0.4, -0.2) is 28.9 Å². The molecule has 0 bridgehead atoms. The van der Waals surface area contributed by atoms with Crippen LogP contribution in [0.1, 0.15) is 31.8 Å². The summed E-state index contributed by atoms with van der Waals surface area (Å²) >= 11 is 10.1. The summed E-state index contributed by atoms with van der Waals surface area (Å²) in [5.74, 6) is -1.48. The quantitative estimate of drug-likeness (QED) is 0.0451. The number of ether oxygens (including phenoxy) is 1. The van der Waals surface area contributed by atoms with Gasteiger partial charge in [-0.05, 0) is 82.2 Å². The van der Waals surface area contributed by atoms with Crippen molar-refractivity contribution < 1.29 is 24.0 Å². The van der Waals surface area contributed by atoms with Crippen LogP contribution >= 0.6 is 47.8 Å². The first kappa shape index (κ1) is 31.5. The molecule has 0 atom stereocenters. The second kappa shape index (κ2) is 14.6. The molecule has 0 spiro atoms. The van der Waals surface area contributed by atoms with E-state index in [1.165, 1.54) is 36.6 Å². The minimum Gasteiger partial charge on any atom is -0.421 e. The smallest absolute Gasteiger partial charge is 0.336 e. The number of nitro groups is 1. The predicted molar refractivity (Wildman–Crippen MR) is 173 cm³/mol. The predicted octanol–water partition coefficient (Wildman–Crippen LogP) is 7.52. The Kier molecular flexibility index (Phi) is 10.7. The molecule has 0 aliphatic carbocycles. The average Bonchev–Trinajstić information content (AvgIpc) is 2.98. The van der Waals surface area contributed by atoms with Crippen molar-refractivity contribution in [3.63, 3.8) is 0 Å². The van der Waals surface area contributed by atoms with Crippen LogP contribution in [0.2, 0.25) is 0 Å². The molecule has 2 amide bonds. The zero-order chi connectivity index (χ0) is 30.9. The third kappa shape index (κ3) is 9.01. The van der Waals surface area contributed by atoms with E-state index >= 15 is 0 Å². The molecule has 13 heteroatoms. The molecule has 0 aliphatic rings. The Morgan fingerprint density at radius 1 is 0.837 bits per heavy atom. The highest BCUT2D eigenvalue weighted by atomic mass is 79.9. The lowest BCUT2D eigenvalue weighted by Crippen LogP contribution is -2.18. The number of non-ortho nitro benzene ring substituents is 1. The molecule has 0 saturated carbocycles. The number of hydrogen-bond acceptors (Lipinski definition) is 7. The number of nitrogens with zero attached hydrogens (tertiary/aromatic N) is 2. The Hall–Kier alpha value is -4.46. The van der Waals surface area contributed by atoms with Crippen molar-refractivity contribution in [2.24, 2.45) is 5.10 Å².